The largest absolute Gasteiger partial charge is 0.376 e. The minimum absolute atomic E-state index is 0.0728. The van der Waals surface area contributed by atoms with Crippen molar-refractivity contribution in [3.8, 4) is 0 Å². The average molecular weight is 282 g/mol. The molecule has 3 nitrogen and oxygen atoms in total. The topological polar surface area (TPSA) is 32.3 Å². The van der Waals surface area contributed by atoms with Crippen molar-refractivity contribution in [1.29, 1.82) is 0 Å². The van der Waals surface area contributed by atoms with Crippen molar-refractivity contribution in [1.82, 2.24) is 0 Å². The molecule has 0 heterocycles. The summed E-state index contributed by atoms with van der Waals surface area (Å²) in [4.78, 5) is 14.2. The minimum Gasteiger partial charge on any atom is -0.376 e. The predicted molar refractivity (Wildman–Crippen MR) is 88.9 cm³/mol. The molecule has 0 aliphatic carbocycles. The molecule has 21 heavy (non-hydrogen) atoms. The minimum atomic E-state index is 0.0728. The molecule has 0 atom stereocenters. The zero-order chi connectivity index (χ0) is 15.2. The molecular formula is C18H22N2O. The van der Waals surface area contributed by atoms with Gasteiger partial charge < -0.3 is 10.2 Å². The van der Waals surface area contributed by atoms with E-state index in [1.807, 2.05) is 69.3 Å². The van der Waals surface area contributed by atoms with Crippen LogP contribution in [0.3, 0.4) is 0 Å². The maximum Gasteiger partial charge on any atom is 0.246 e. The molecule has 0 spiro atoms. The zero-order valence-corrected chi connectivity index (χ0v) is 12.9. The molecule has 1 amide bonds. The van der Waals surface area contributed by atoms with Crippen LogP contribution in [0, 0.1) is 13.8 Å². The van der Waals surface area contributed by atoms with Gasteiger partial charge in [-0.15, -0.1) is 0 Å². The number of benzene rings is 2. The molecule has 0 aliphatic rings. The highest BCUT2D eigenvalue weighted by atomic mass is 16.2. The molecule has 0 aliphatic heterocycles. The third-order valence-corrected chi connectivity index (χ3v) is 3.43. The van der Waals surface area contributed by atoms with Crippen LogP contribution in [0.15, 0.2) is 48.5 Å². The number of nitrogens with zero attached hydrogens (tertiary/aromatic N) is 1. The molecule has 0 radical (unpaired) electrons. The molecule has 0 bridgehead atoms. The van der Waals surface area contributed by atoms with E-state index in [-0.39, 0.29) is 5.91 Å². The van der Waals surface area contributed by atoms with Crippen molar-refractivity contribution in [3.05, 3.63) is 59.7 Å². The number of amides is 1. The number of rotatable bonds is 5. The smallest absolute Gasteiger partial charge is 0.246 e. The van der Waals surface area contributed by atoms with Crippen molar-refractivity contribution in [2.75, 3.05) is 23.3 Å². The Hall–Kier alpha value is -2.29. The zero-order valence-electron chi connectivity index (χ0n) is 12.9. The molecule has 110 valence electrons. The summed E-state index contributed by atoms with van der Waals surface area (Å²) in [5.41, 5.74) is 4.29. The van der Waals surface area contributed by atoms with E-state index in [4.69, 9.17) is 0 Å². The van der Waals surface area contributed by atoms with Crippen molar-refractivity contribution in [3.63, 3.8) is 0 Å². The van der Waals surface area contributed by atoms with E-state index in [0.717, 1.165) is 16.9 Å². The second-order valence-electron chi connectivity index (χ2n) is 5.20. The third-order valence-electron chi connectivity index (χ3n) is 3.43. The van der Waals surface area contributed by atoms with Crippen LogP contribution in [0.25, 0.3) is 0 Å². The SMILES string of the molecule is CCN(C(=O)CNc1ccc(C)cc1)c1cccc(C)c1. The van der Waals surface area contributed by atoms with Gasteiger partial charge in [-0.05, 0) is 50.6 Å². The van der Waals surface area contributed by atoms with E-state index in [9.17, 15) is 4.79 Å². The fraction of sp³-hybridized carbons (Fsp3) is 0.278. The number of hydrogen-bond acceptors (Lipinski definition) is 2. The van der Waals surface area contributed by atoms with Gasteiger partial charge in [-0.1, -0.05) is 29.8 Å². The van der Waals surface area contributed by atoms with Gasteiger partial charge in [0.05, 0.1) is 6.54 Å². The predicted octanol–water partition coefficient (Wildman–Crippen LogP) is 3.77. The van der Waals surface area contributed by atoms with Gasteiger partial charge in [0.15, 0.2) is 0 Å². The fourth-order valence-electron chi connectivity index (χ4n) is 2.24. The summed E-state index contributed by atoms with van der Waals surface area (Å²) in [6.07, 6.45) is 0. The van der Waals surface area contributed by atoms with Gasteiger partial charge in [0.1, 0.15) is 0 Å². The number of aryl methyl sites for hydroxylation is 2. The summed E-state index contributed by atoms with van der Waals surface area (Å²) < 4.78 is 0. The van der Waals surface area contributed by atoms with Gasteiger partial charge in [-0.2, -0.15) is 0 Å². The number of carbonyl (C=O) groups excluding carboxylic acids is 1. The Morgan fingerprint density at radius 2 is 1.76 bits per heavy atom. The number of hydrogen-bond donors (Lipinski definition) is 1. The Labute approximate surface area is 126 Å². The van der Waals surface area contributed by atoms with Crippen molar-refractivity contribution in [2.45, 2.75) is 20.8 Å². The first-order chi connectivity index (χ1) is 10.1. The second kappa shape index (κ2) is 6.93. The van der Waals surface area contributed by atoms with Crippen LogP contribution < -0.4 is 10.2 Å². The van der Waals surface area contributed by atoms with Crippen LogP contribution in [0.2, 0.25) is 0 Å². The first-order valence-corrected chi connectivity index (χ1v) is 7.27. The number of likely N-dealkylation sites (N-methyl/N-ethyl adjacent to an activating group) is 1. The standard InChI is InChI=1S/C18H22N2O/c1-4-20(17-7-5-6-15(3)12-17)18(21)13-19-16-10-8-14(2)9-11-16/h5-12,19H,4,13H2,1-3H3. The highest BCUT2D eigenvalue weighted by Gasteiger charge is 2.13. The van der Waals surface area contributed by atoms with Crippen LogP contribution in [-0.4, -0.2) is 19.0 Å². The average Bonchev–Trinajstić information content (AvgIpc) is 2.47. The van der Waals surface area contributed by atoms with Gasteiger partial charge in [-0.3, -0.25) is 4.79 Å². The number of nitrogens with one attached hydrogen (secondary N) is 1. The summed E-state index contributed by atoms with van der Waals surface area (Å²) >= 11 is 0. The molecule has 2 aromatic carbocycles. The lowest BCUT2D eigenvalue weighted by Gasteiger charge is -2.22. The summed E-state index contributed by atoms with van der Waals surface area (Å²) in [5.74, 6) is 0.0728. The van der Waals surface area contributed by atoms with Gasteiger partial charge in [0.2, 0.25) is 5.91 Å². The Kier molecular flexibility index (Phi) is 4.99. The molecule has 0 saturated carbocycles. The third kappa shape index (κ3) is 4.09. The Bertz CT molecular complexity index is 605. The maximum atomic E-state index is 12.4. The van der Waals surface area contributed by atoms with Crippen LogP contribution in [0.4, 0.5) is 11.4 Å². The quantitative estimate of drug-likeness (QED) is 0.905. The summed E-state index contributed by atoms with van der Waals surface area (Å²) in [6.45, 7) is 7.03. The lowest BCUT2D eigenvalue weighted by molar-refractivity contribution is -0.116. The summed E-state index contributed by atoms with van der Waals surface area (Å²) in [7, 11) is 0. The van der Waals surface area contributed by atoms with Gasteiger partial charge >= 0.3 is 0 Å². The molecule has 3 heteroatoms. The normalized spacial score (nSPS) is 10.2. The first kappa shape index (κ1) is 15.1. The molecule has 0 fully saturated rings. The molecule has 0 unspecified atom stereocenters. The summed E-state index contributed by atoms with van der Waals surface area (Å²) in [6, 6.07) is 16.1. The van der Waals surface area contributed by atoms with Crippen molar-refractivity contribution in [2.24, 2.45) is 0 Å². The van der Waals surface area contributed by atoms with Crippen molar-refractivity contribution < 1.29 is 4.79 Å². The maximum absolute atomic E-state index is 12.4. The number of carbonyl (C=O) groups is 1. The van der Waals surface area contributed by atoms with E-state index < -0.39 is 0 Å². The van der Waals surface area contributed by atoms with Crippen LogP contribution in [0.1, 0.15) is 18.1 Å². The highest BCUT2D eigenvalue weighted by molar-refractivity contribution is 5.96. The van der Waals surface area contributed by atoms with E-state index >= 15 is 0 Å². The lowest BCUT2D eigenvalue weighted by Crippen LogP contribution is -2.35. The monoisotopic (exact) mass is 282 g/mol. The fourth-order valence-corrected chi connectivity index (χ4v) is 2.24. The number of anilines is 2. The van der Waals surface area contributed by atoms with Crippen molar-refractivity contribution >= 4 is 17.3 Å². The van der Waals surface area contributed by atoms with Gasteiger partial charge in [-0.25, -0.2) is 0 Å². The van der Waals surface area contributed by atoms with E-state index in [2.05, 4.69) is 5.32 Å². The van der Waals surface area contributed by atoms with E-state index in [0.29, 0.717) is 13.1 Å². The van der Waals surface area contributed by atoms with E-state index in [1.54, 1.807) is 4.90 Å². The van der Waals surface area contributed by atoms with Gasteiger partial charge in [0, 0.05) is 17.9 Å². The molecule has 2 rings (SSSR count). The summed E-state index contributed by atoms with van der Waals surface area (Å²) in [5, 5.41) is 3.18. The van der Waals surface area contributed by atoms with Gasteiger partial charge in [0.25, 0.3) is 0 Å². The highest BCUT2D eigenvalue weighted by Crippen LogP contribution is 2.16. The molecule has 2 aromatic rings. The van der Waals surface area contributed by atoms with Crippen LogP contribution >= 0.6 is 0 Å². The van der Waals surface area contributed by atoms with E-state index in [1.165, 1.54) is 5.56 Å². The Morgan fingerprint density at radius 3 is 2.38 bits per heavy atom. The molecule has 0 saturated heterocycles. The molecule has 1 N–H and O–H groups in total. The second-order valence-corrected chi connectivity index (χ2v) is 5.20. The molecule has 0 aromatic heterocycles. The first-order valence-electron chi connectivity index (χ1n) is 7.27. The van der Waals surface area contributed by atoms with Crippen LogP contribution in [-0.2, 0) is 4.79 Å². The Morgan fingerprint density at radius 1 is 1.05 bits per heavy atom. The van der Waals surface area contributed by atoms with Crippen LogP contribution in [0.5, 0.6) is 0 Å². The molecular weight excluding hydrogens is 260 g/mol. The Balaban J connectivity index is 2.02. The lowest BCUT2D eigenvalue weighted by atomic mass is 10.2.